The molecule has 1 amide bonds. The number of sulfonamides is 1. The number of aryl methyl sites for hydroxylation is 1. The van der Waals surface area contributed by atoms with Gasteiger partial charge in [-0.1, -0.05) is 18.2 Å². The lowest BCUT2D eigenvalue weighted by Gasteiger charge is -2.28. The van der Waals surface area contributed by atoms with E-state index in [4.69, 9.17) is 9.47 Å². The minimum atomic E-state index is -3.65. The summed E-state index contributed by atoms with van der Waals surface area (Å²) >= 11 is 0. The number of nitrogens with zero attached hydrogens (tertiary/aromatic N) is 1. The summed E-state index contributed by atoms with van der Waals surface area (Å²) in [5.74, 6) is 1.11. The highest BCUT2D eigenvalue weighted by Gasteiger charge is 2.28. The number of carbonyl (C=O) groups excluding carboxylic acids is 1. The van der Waals surface area contributed by atoms with Crippen LogP contribution in [-0.2, 0) is 21.2 Å². The highest BCUT2D eigenvalue weighted by molar-refractivity contribution is 7.92. The first-order chi connectivity index (χ1) is 14.3. The third-order valence-electron chi connectivity index (χ3n) is 4.61. The first-order valence-electron chi connectivity index (χ1n) is 9.89. The summed E-state index contributed by atoms with van der Waals surface area (Å²) in [5, 5.41) is 2.84. The van der Waals surface area contributed by atoms with Crippen LogP contribution in [-0.4, -0.2) is 46.9 Å². The van der Waals surface area contributed by atoms with Crippen molar-refractivity contribution < 1.29 is 22.7 Å². The van der Waals surface area contributed by atoms with Crippen LogP contribution in [0.25, 0.3) is 0 Å². The van der Waals surface area contributed by atoms with Crippen LogP contribution >= 0.6 is 0 Å². The maximum atomic E-state index is 12.6. The van der Waals surface area contributed by atoms with E-state index in [1.165, 1.54) is 7.11 Å². The van der Waals surface area contributed by atoms with E-state index in [0.717, 1.165) is 28.3 Å². The average molecular weight is 435 g/mol. The summed E-state index contributed by atoms with van der Waals surface area (Å²) in [6.07, 6.45) is 2.55. The van der Waals surface area contributed by atoms with Crippen molar-refractivity contribution >= 4 is 21.6 Å². The predicted molar refractivity (Wildman–Crippen MR) is 119 cm³/mol. The standard InChI is InChI=1S/C22H30N2O5S/c1-5-29-21-11-7-6-9-18(21)10-8-16-23-22(25)17(2)24(30(4,26)27)19-12-14-20(28-3)15-13-19/h6-7,9,11-15,17H,5,8,10,16H2,1-4H3,(H,23,25)/t17-/m0/s1. The number of nitrogens with one attached hydrogen (secondary N) is 1. The van der Waals surface area contributed by atoms with Gasteiger partial charge in [-0.3, -0.25) is 9.10 Å². The molecule has 1 N–H and O–H groups in total. The number of methoxy groups -OCH3 is 1. The number of ether oxygens (including phenoxy) is 2. The molecule has 0 saturated carbocycles. The number of hydrogen-bond donors (Lipinski definition) is 1. The number of hydrogen-bond acceptors (Lipinski definition) is 5. The van der Waals surface area contributed by atoms with Crippen molar-refractivity contribution in [2.75, 3.05) is 30.8 Å². The molecule has 0 radical (unpaired) electrons. The van der Waals surface area contributed by atoms with Gasteiger partial charge in [-0.15, -0.1) is 0 Å². The molecular weight excluding hydrogens is 404 g/mol. The van der Waals surface area contributed by atoms with Crippen molar-refractivity contribution in [1.82, 2.24) is 5.32 Å². The zero-order valence-corrected chi connectivity index (χ0v) is 18.7. The van der Waals surface area contributed by atoms with Crippen molar-refractivity contribution in [2.45, 2.75) is 32.7 Å². The SMILES string of the molecule is CCOc1ccccc1CCCNC(=O)[C@H](C)N(c1ccc(OC)cc1)S(C)(=O)=O. The third-order valence-corrected chi connectivity index (χ3v) is 5.85. The molecule has 0 heterocycles. The van der Waals surface area contributed by atoms with Crippen LogP contribution < -0.4 is 19.1 Å². The van der Waals surface area contributed by atoms with Gasteiger partial charge in [0, 0.05) is 6.54 Å². The molecular formula is C22H30N2O5S. The summed E-state index contributed by atoms with van der Waals surface area (Å²) in [7, 11) is -2.12. The minimum absolute atomic E-state index is 0.352. The molecule has 1 atom stereocenters. The van der Waals surface area contributed by atoms with Gasteiger partial charge in [0.15, 0.2) is 0 Å². The molecule has 30 heavy (non-hydrogen) atoms. The van der Waals surface area contributed by atoms with E-state index in [1.807, 2.05) is 31.2 Å². The quantitative estimate of drug-likeness (QED) is 0.550. The van der Waals surface area contributed by atoms with Gasteiger partial charge in [-0.25, -0.2) is 8.42 Å². The molecule has 7 nitrogen and oxygen atoms in total. The smallest absolute Gasteiger partial charge is 0.243 e. The molecule has 0 saturated heterocycles. The molecule has 0 bridgehead atoms. The number of anilines is 1. The highest BCUT2D eigenvalue weighted by atomic mass is 32.2. The fraction of sp³-hybridized carbons (Fsp3) is 0.409. The molecule has 0 aliphatic heterocycles. The van der Waals surface area contributed by atoms with Crippen LogP contribution in [0.4, 0.5) is 5.69 Å². The van der Waals surface area contributed by atoms with E-state index in [9.17, 15) is 13.2 Å². The molecule has 2 aromatic carbocycles. The maximum absolute atomic E-state index is 12.6. The van der Waals surface area contributed by atoms with E-state index in [-0.39, 0.29) is 5.91 Å². The fourth-order valence-corrected chi connectivity index (χ4v) is 4.36. The average Bonchev–Trinajstić information content (AvgIpc) is 2.72. The molecule has 2 aromatic rings. The normalized spacial score (nSPS) is 12.1. The lowest BCUT2D eigenvalue weighted by Crippen LogP contribution is -2.48. The minimum Gasteiger partial charge on any atom is -0.497 e. The van der Waals surface area contributed by atoms with Crippen LogP contribution in [0.15, 0.2) is 48.5 Å². The van der Waals surface area contributed by atoms with Crippen LogP contribution in [0.3, 0.4) is 0 Å². The van der Waals surface area contributed by atoms with Gasteiger partial charge >= 0.3 is 0 Å². The Balaban J connectivity index is 1.98. The maximum Gasteiger partial charge on any atom is 0.243 e. The van der Waals surface area contributed by atoms with E-state index in [1.54, 1.807) is 31.2 Å². The Kier molecular flexibility index (Phi) is 8.53. The Hall–Kier alpha value is -2.74. The van der Waals surface area contributed by atoms with E-state index < -0.39 is 16.1 Å². The molecule has 0 aliphatic carbocycles. The second kappa shape index (κ2) is 10.9. The van der Waals surface area contributed by atoms with Crippen molar-refractivity contribution in [3.8, 4) is 11.5 Å². The Morgan fingerprint density at radius 2 is 1.80 bits per heavy atom. The first kappa shape index (κ1) is 23.5. The Morgan fingerprint density at radius 3 is 2.40 bits per heavy atom. The van der Waals surface area contributed by atoms with Gasteiger partial charge in [-0.2, -0.15) is 0 Å². The van der Waals surface area contributed by atoms with Gasteiger partial charge < -0.3 is 14.8 Å². The molecule has 0 spiro atoms. The van der Waals surface area contributed by atoms with E-state index in [0.29, 0.717) is 31.0 Å². The second-order valence-corrected chi connectivity index (χ2v) is 8.73. The molecule has 0 fully saturated rings. The monoisotopic (exact) mass is 434 g/mol. The number of benzene rings is 2. The second-order valence-electron chi connectivity index (χ2n) is 6.87. The highest BCUT2D eigenvalue weighted by Crippen LogP contribution is 2.24. The Morgan fingerprint density at radius 1 is 1.13 bits per heavy atom. The summed E-state index contributed by atoms with van der Waals surface area (Å²) in [6.45, 7) is 4.54. The van der Waals surface area contributed by atoms with Crippen molar-refractivity contribution in [1.29, 1.82) is 0 Å². The third kappa shape index (κ3) is 6.38. The summed E-state index contributed by atoms with van der Waals surface area (Å²) in [4.78, 5) is 12.6. The van der Waals surface area contributed by atoms with Crippen LogP contribution in [0.2, 0.25) is 0 Å². The molecule has 0 unspecified atom stereocenters. The number of carbonyl (C=O) groups is 1. The van der Waals surface area contributed by atoms with Gasteiger partial charge in [-0.05, 0) is 62.6 Å². The summed E-state index contributed by atoms with van der Waals surface area (Å²) in [5.41, 5.74) is 1.49. The first-order valence-corrected chi connectivity index (χ1v) is 11.7. The van der Waals surface area contributed by atoms with Crippen molar-refractivity contribution in [3.05, 3.63) is 54.1 Å². The lowest BCUT2D eigenvalue weighted by atomic mass is 10.1. The largest absolute Gasteiger partial charge is 0.497 e. The van der Waals surface area contributed by atoms with E-state index >= 15 is 0 Å². The van der Waals surface area contributed by atoms with Gasteiger partial charge in [0.2, 0.25) is 15.9 Å². The molecule has 0 aliphatic rings. The number of rotatable bonds is 11. The van der Waals surface area contributed by atoms with Gasteiger partial charge in [0.05, 0.1) is 25.7 Å². The zero-order valence-electron chi connectivity index (χ0n) is 17.9. The van der Waals surface area contributed by atoms with Gasteiger partial charge in [0.25, 0.3) is 0 Å². The number of amides is 1. The van der Waals surface area contributed by atoms with E-state index in [2.05, 4.69) is 5.32 Å². The van der Waals surface area contributed by atoms with Crippen LogP contribution in [0.5, 0.6) is 11.5 Å². The fourth-order valence-electron chi connectivity index (χ4n) is 3.18. The predicted octanol–water partition coefficient (Wildman–Crippen LogP) is 3.00. The summed E-state index contributed by atoms with van der Waals surface area (Å²) < 4.78 is 36.5. The zero-order chi connectivity index (χ0) is 22.1. The van der Waals surface area contributed by atoms with Crippen LogP contribution in [0, 0.1) is 0 Å². The van der Waals surface area contributed by atoms with Crippen LogP contribution in [0.1, 0.15) is 25.8 Å². The van der Waals surface area contributed by atoms with Crippen molar-refractivity contribution in [3.63, 3.8) is 0 Å². The lowest BCUT2D eigenvalue weighted by molar-refractivity contribution is -0.121. The van der Waals surface area contributed by atoms with Crippen molar-refractivity contribution in [2.24, 2.45) is 0 Å². The molecule has 164 valence electrons. The molecule has 8 heteroatoms. The Labute approximate surface area is 179 Å². The summed E-state index contributed by atoms with van der Waals surface area (Å²) in [6, 6.07) is 13.5. The van der Waals surface area contributed by atoms with Gasteiger partial charge in [0.1, 0.15) is 17.5 Å². The Bertz CT molecular complexity index is 929. The number of para-hydroxylation sites is 1. The topological polar surface area (TPSA) is 84.9 Å². The molecule has 2 rings (SSSR count). The molecule has 0 aromatic heterocycles.